The van der Waals surface area contributed by atoms with E-state index in [1.807, 2.05) is 44.2 Å². The molecule has 0 aromatic heterocycles. The van der Waals surface area contributed by atoms with Gasteiger partial charge < -0.3 is 10.2 Å². The van der Waals surface area contributed by atoms with E-state index in [4.69, 9.17) is 0 Å². The number of benzene rings is 2. The Kier molecular flexibility index (Phi) is 6.05. The number of rotatable bonds is 7. The molecule has 2 aromatic rings. The number of amides is 4. The summed E-state index contributed by atoms with van der Waals surface area (Å²) in [5.41, 5.74) is -0.187. The van der Waals surface area contributed by atoms with Crippen LogP contribution in [0.1, 0.15) is 31.9 Å². The molecule has 1 unspecified atom stereocenters. The van der Waals surface area contributed by atoms with Crippen LogP contribution in [0.25, 0.3) is 0 Å². The molecule has 0 spiro atoms. The Morgan fingerprint density at radius 2 is 1.74 bits per heavy atom. The van der Waals surface area contributed by atoms with Crippen molar-refractivity contribution >= 4 is 23.5 Å². The molecule has 1 aliphatic heterocycles. The van der Waals surface area contributed by atoms with Crippen molar-refractivity contribution in [2.45, 2.75) is 38.9 Å². The molecule has 9 nitrogen and oxygen atoms in total. The number of urea groups is 1. The van der Waals surface area contributed by atoms with Crippen molar-refractivity contribution in [1.82, 2.24) is 15.1 Å². The van der Waals surface area contributed by atoms with E-state index in [0.717, 1.165) is 10.5 Å². The van der Waals surface area contributed by atoms with Crippen molar-refractivity contribution in [3.8, 4) is 0 Å². The summed E-state index contributed by atoms with van der Waals surface area (Å²) in [6.45, 7) is 5.23. The first kappa shape index (κ1) is 21.9. The van der Waals surface area contributed by atoms with Crippen LogP contribution >= 0.6 is 0 Å². The Bertz CT molecular complexity index is 1010. The minimum absolute atomic E-state index is 0.121. The molecule has 1 heterocycles. The zero-order valence-corrected chi connectivity index (χ0v) is 17.6. The van der Waals surface area contributed by atoms with Crippen LogP contribution in [0.4, 0.5) is 10.5 Å². The molecule has 4 amide bonds. The van der Waals surface area contributed by atoms with Crippen LogP contribution in [0.3, 0.4) is 0 Å². The number of nitro benzene ring substituents is 1. The molecule has 2 aromatic carbocycles. The zero-order chi connectivity index (χ0) is 22.8. The predicted molar refractivity (Wildman–Crippen MR) is 113 cm³/mol. The number of hydrogen-bond acceptors (Lipinski definition) is 5. The Labute approximate surface area is 179 Å². The van der Waals surface area contributed by atoms with Gasteiger partial charge in [-0.15, -0.1) is 0 Å². The monoisotopic (exact) mass is 424 g/mol. The Morgan fingerprint density at radius 1 is 1.13 bits per heavy atom. The lowest BCUT2D eigenvalue weighted by atomic mass is 9.92. The lowest BCUT2D eigenvalue weighted by Crippen LogP contribution is -2.46. The van der Waals surface area contributed by atoms with E-state index in [1.54, 1.807) is 4.90 Å². The number of carbonyl (C=O) groups excluding carboxylic acids is 3. The minimum Gasteiger partial charge on any atom is -0.334 e. The standard InChI is InChI=1S/C22H24N4O5/c1-15(2)24(13-16-7-5-4-6-8-16)19(27)14-25-20(28)22(3,23-21(25)29)17-9-11-18(12-10-17)26(30)31/h4-12,15H,13-14H2,1-3H3,(H,23,29). The average molecular weight is 424 g/mol. The van der Waals surface area contributed by atoms with E-state index < -0.39 is 28.9 Å². The highest BCUT2D eigenvalue weighted by Gasteiger charge is 2.49. The van der Waals surface area contributed by atoms with Gasteiger partial charge in [0.25, 0.3) is 11.6 Å². The second kappa shape index (κ2) is 8.55. The maximum atomic E-state index is 13.1. The van der Waals surface area contributed by atoms with E-state index in [0.29, 0.717) is 12.1 Å². The van der Waals surface area contributed by atoms with Gasteiger partial charge in [0.1, 0.15) is 12.1 Å². The molecule has 1 aliphatic rings. The van der Waals surface area contributed by atoms with Crippen molar-refractivity contribution in [3.63, 3.8) is 0 Å². The van der Waals surface area contributed by atoms with Gasteiger partial charge in [-0.05, 0) is 44.0 Å². The lowest BCUT2D eigenvalue weighted by Gasteiger charge is -2.28. The first-order valence-corrected chi connectivity index (χ1v) is 9.86. The number of carbonyl (C=O) groups is 3. The third-order valence-electron chi connectivity index (χ3n) is 5.36. The lowest BCUT2D eigenvalue weighted by molar-refractivity contribution is -0.384. The molecule has 9 heteroatoms. The Hall–Kier alpha value is -3.75. The largest absolute Gasteiger partial charge is 0.334 e. The number of nitrogens with one attached hydrogen (secondary N) is 1. The first-order chi connectivity index (χ1) is 14.6. The molecule has 3 rings (SSSR count). The van der Waals surface area contributed by atoms with Gasteiger partial charge in [-0.3, -0.25) is 24.6 Å². The number of nitrogens with zero attached hydrogens (tertiary/aromatic N) is 3. The van der Waals surface area contributed by atoms with Crippen molar-refractivity contribution < 1.29 is 19.3 Å². The van der Waals surface area contributed by atoms with Crippen molar-refractivity contribution in [2.75, 3.05) is 6.54 Å². The molecule has 1 atom stereocenters. The Balaban J connectivity index is 1.78. The maximum Gasteiger partial charge on any atom is 0.325 e. The smallest absolute Gasteiger partial charge is 0.325 e. The summed E-state index contributed by atoms with van der Waals surface area (Å²) >= 11 is 0. The highest BCUT2D eigenvalue weighted by atomic mass is 16.6. The van der Waals surface area contributed by atoms with Crippen LogP contribution in [-0.4, -0.2) is 45.2 Å². The SMILES string of the molecule is CC(C)N(Cc1ccccc1)C(=O)CN1C(=O)NC(C)(c2ccc([N+](=O)[O-])cc2)C1=O. The molecule has 0 aliphatic carbocycles. The number of nitro groups is 1. The van der Waals surface area contributed by atoms with Gasteiger partial charge >= 0.3 is 6.03 Å². The van der Waals surface area contributed by atoms with Gasteiger partial charge in [0.15, 0.2) is 0 Å². The third kappa shape index (κ3) is 4.40. The van der Waals surface area contributed by atoms with Gasteiger partial charge in [0, 0.05) is 24.7 Å². The molecular formula is C22H24N4O5. The first-order valence-electron chi connectivity index (χ1n) is 9.86. The number of imide groups is 1. The van der Waals surface area contributed by atoms with Crippen LogP contribution in [0, 0.1) is 10.1 Å². The number of hydrogen-bond donors (Lipinski definition) is 1. The normalized spacial score (nSPS) is 18.3. The summed E-state index contributed by atoms with van der Waals surface area (Å²) < 4.78 is 0. The second-order valence-electron chi connectivity index (χ2n) is 7.85. The summed E-state index contributed by atoms with van der Waals surface area (Å²) in [6.07, 6.45) is 0. The topological polar surface area (TPSA) is 113 Å². The van der Waals surface area contributed by atoms with Gasteiger partial charge in [-0.2, -0.15) is 0 Å². The molecule has 0 bridgehead atoms. The molecule has 1 saturated heterocycles. The van der Waals surface area contributed by atoms with E-state index in [9.17, 15) is 24.5 Å². The van der Waals surface area contributed by atoms with E-state index in [1.165, 1.54) is 31.2 Å². The fourth-order valence-electron chi connectivity index (χ4n) is 3.52. The average Bonchev–Trinajstić information content (AvgIpc) is 2.96. The summed E-state index contributed by atoms with van der Waals surface area (Å²) in [6, 6.07) is 14.0. The molecule has 0 saturated carbocycles. The zero-order valence-electron chi connectivity index (χ0n) is 17.6. The van der Waals surface area contributed by atoms with Gasteiger partial charge in [0.05, 0.1) is 4.92 Å². The van der Waals surface area contributed by atoms with Gasteiger partial charge in [-0.25, -0.2) is 4.79 Å². The van der Waals surface area contributed by atoms with Crippen LogP contribution in [-0.2, 0) is 21.7 Å². The summed E-state index contributed by atoms with van der Waals surface area (Å²) in [5, 5.41) is 13.5. The highest BCUT2D eigenvalue weighted by Crippen LogP contribution is 2.30. The van der Waals surface area contributed by atoms with E-state index in [-0.39, 0.29) is 17.6 Å². The highest BCUT2D eigenvalue weighted by molar-refractivity contribution is 6.09. The summed E-state index contributed by atoms with van der Waals surface area (Å²) in [5.74, 6) is -0.932. The van der Waals surface area contributed by atoms with Crippen molar-refractivity contribution in [1.29, 1.82) is 0 Å². The van der Waals surface area contributed by atoms with E-state index in [2.05, 4.69) is 5.32 Å². The maximum absolute atomic E-state index is 13.1. The van der Waals surface area contributed by atoms with Crippen molar-refractivity contribution in [3.05, 3.63) is 75.8 Å². The molecule has 1 fully saturated rings. The van der Waals surface area contributed by atoms with E-state index >= 15 is 0 Å². The molecule has 31 heavy (non-hydrogen) atoms. The van der Waals surface area contributed by atoms with Gasteiger partial charge in [0.2, 0.25) is 5.91 Å². The summed E-state index contributed by atoms with van der Waals surface area (Å²) in [4.78, 5) is 51.4. The quantitative estimate of drug-likeness (QED) is 0.417. The fourth-order valence-corrected chi connectivity index (χ4v) is 3.52. The fraction of sp³-hybridized carbons (Fsp3) is 0.318. The van der Waals surface area contributed by atoms with Crippen LogP contribution in [0.2, 0.25) is 0 Å². The third-order valence-corrected chi connectivity index (χ3v) is 5.36. The second-order valence-corrected chi connectivity index (χ2v) is 7.85. The summed E-state index contributed by atoms with van der Waals surface area (Å²) in [7, 11) is 0. The molecular weight excluding hydrogens is 400 g/mol. The van der Waals surface area contributed by atoms with Crippen LogP contribution < -0.4 is 5.32 Å². The van der Waals surface area contributed by atoms with Crippen molar-refractivity contribution in [2.24, 2.45) is 0 Å². The predicted octanol–water partition coefficient (Wildman–Crippen LogP) is 2.80. The minimum atomic E-state index is -1.41. The van der Waals surface area contributed by atoms with Crippen LogP contribution in [0.15, 0.2) is 54.6 Å². The molecule has 0 radical (unpaired) electrons. The Morgan fingerprint density at radius 3 is 2.29 bits per heavy atom. The van der Waals surface area contributed by atoms with Gasteiger partial charge in [-0.1, -0.05) is 30.3 Å². The number of non-ortho nitro benzene ring substituents is 1. The van der Waals surface area contributed by atoms with Crippen LogP contribution in [0.5, 0.6) is 0 Å². The molecule has 1 N–H and O–H groups in total. The molecule has 162 valence electrons.